The number of aromatic nitrogens is 2. The summed E-state index contributed by atoms with van der Waals surface area (Å²) in [5.41, 5.74) is 0.650. The van der Waals surface area contributed by atoms with Crippen molar-refractivity contribution in [2.24, 2.45) is 0 Å². The van der Waals surface area contributed by atoms with Crippen molar-refractivity contribution in [1.29, 1.82) is 0 Å². The van der Waals surface area contributed by atoms with Crippen molar-refractivity contribution >= 4 is 39.8 Å². The molecule has 1 aliphatic heterocycles. The van der Waals surface area contributed by atoms with Crippen LogP contribution < -0.4 is 4.90 Å². The Morgan fingerprint density at radius 2 is 2.04 bits per heavy atom. The molecule has 1 unspecified atom stereocenters. The number of hydrogen-bond donors (Lipinski definition) is 0. The fourth-order valence-corrected chi connectivity index (χ4v) is 3.89. The Hall–Kier alpha value is -1.21. The van der Waals surface area contributed by atoms with E-state index in [-0.39, 0.29) is 17.1 Å². The zero-order chi connectivity index (χ0) is 17.1. The number of nitrogens with zero attached hydrogens (tertiary/aromatic N) is 3. The molecule has 1 aliphatic rings. The highest BCUT2D eigenvalue weighted by molar-refractivity contribution is 7.84. The number of rotatable bonds is 4. The van der Waals surface area contributed by atoms with Crippen LogP contribution in [-0.4, -0.2) is 40.0 Å². The summed E-state index contributed by atoms with van der Waals surface area (Å²) in [7, 11) is -1.22. The van der Waals surface area contributed by atoms with Crippen molar-refractivity contribution in [3.05, 3.63) is 46.3 Å². The molecule has 2 aromatic rings. The molecule has 0 amide bonds. The van der Waals surface area contributed by atoms with E-state index in [4.69, 9.17) is 27.9 Å². The average molecular weight is 386 g/mol. The zero-order valence-corrected chi connectivity index (χ0v) is 15.4. The van der Waals surface area contributed by atoms with Crippen LogP contribution in [0.15, 0.2) is 35.2 Å². The third-order valence-electron chi connectivity index (χ3n) is 3.76. The Bertz CT molecular complexity index is 743. The van der Waals surface area contributed by atoms with Gasteiger partial charge in [0.2, 0.25) is 5.28 Å². The third-order valence-corrected chi connectivity index (χ3v) is 5.53. The van der Waals surface area contributed by atoms with Crippen LogP contribution in [0.3, 0.4) is 0 Å². The minimum absolute atomic E-state index is 0.161. The molecule has 0 bridgehead atoms. The van der Waals surface area contributed by atoms with Gasteiger partial charge >= 0.3 is 0 Å². The van der Waals surface area contributed by atoms with E-state index in [0.29, 0.717) is 28.8 Å². The van der Waals surface area contributed by atoms with Crippen molar-refractivity contribution in [3.8, 4) is 0 Å². The van der Waals surface area contributed by atoms with E-state index in [9.17, 15) is 4.21 Å². The molecule has 0 aliphatic carbocycles. The second-order valence-electron chi connectivity index (χ2n) is 5.55. The predicted octanol–water partition coefficient (Wildman–Crippen LogP) is 3.32. The first kappa shape index (κ1) is 17.6. The van der Waals surface area contributed by atoms with Gasteiger partial charge in [0.05, 0.1) is 41.5 Å². The number of morpholine rings is 1. The van der Waals surface area contributed by atoms with Crippen LogP contribution in [0.5, 0.6) is 0 Å². The third kappa shape index (κ3) is 4.25. The quantitative estimate of drug-likeness (QED) is 0.755. The highest BCUT2D eigenvalue weighted by Crippen LogP contribution is 2.22. The summed E-state index contributed by atoms with van der Waals surface area (Å²) in [6, 6.07) is 9.02. The Balaban J connectivity index is 1.80. The van der Waals surface area contributed by atoms with Crippen molar-refractivity contribution in [1.82, 2.24) is 9.97 Å². The standard InChI is InChI=1S/C16H17Cl2N3O2S/c1-11-9-23-7-6-21(11)15-8-13(19-16(18)20-15)10-24(22)14-4-2-12(17)3-5-14/h2-5,8,11H,6-7,9-10H2,1H3/t11-,24?/m0/s1. The van der Waals surface area contributed by atoms with E-state index in [0.717, 1.165) is 12.4 Å². The van der Waals surface area contributed by atoms with Crippen LogP contribution in [0, 0.1) is 0 Å². The molecule has 8 heteroatoms. The van der Waals surface area contributed by atoms with Gasteiger partial charge in [0.15, 0.2) is 0 Å². The van der Waals surface area contributed by atoms with Gasteiger partial charge in [-0.25, -0.2) is 9.97 Å². The van der Waals surface area contributed by atoms with E-state index < -0.39 is 10.8 Å². The van der Waals surface area contributed by atoms with Gasteiger partial charge in [0.1, 0.15) is 5.82 Å². The summed E-state index contributed by atoms with van der Waals surface area (Å²) in [5, 5.41) is 0.777. The molecule has 0 radical (unpaired) electrons. The number of anilines is 1. The Kier molecular flexibility index (Phi) is 5.71. The largest absolute Gasteiger partial charge is 0.377 e. The number of benzene rings is 1. The molecule has 0 N–H and O–H groups in total. The highest BCUT2D eigenvalue weighted by atomic mass is 35.5. The number of hydrogen-bond acceptors (Lipinski definition) is 5. The molecule has 1 aromatic carbocycles. The van der Waals surface area contributed by atoms with Crippen LogP contribution in [0.1, 0.15) is 12.6 Å². The zero-order valence-electron chi connectivity index (χ0n) is 13.1. The van der Waals surface area contributed by atoms with E-state index in [1.54, 1.807) is 24.3 Å². The molecule has 1 fully saturated rings. The summed E-state index contributed by atoms with van der Waals surface area (Å²) < 4.78 is 18.0. The Labute approximate surface area is 153 Å². The lowest BCUT2D eigenvalue weighted by molar-refractivity contribution is 0.0985. The molecule has 2 heterocycles. The molecule has 24 heavy (non-hydrogen) atoms. The van der Waals surface area contributed by atoms with Gasteiger partial charge in [-0.1, -0.05) is 11.6 Å². The molecule has 5 nitrogen and oxygen atoms in total. The lowest BCUT2D eigenvalue weighted by Gasteiger charge is -2.34. The normalized spacial score (nSPS) is 19.3. The van der Waals surface area contributed by atoms with Crippen molar-refractivity contribution < 1.29 is 8.95 Å². The summed E-state index contributed by atoms with van der Waals surface area (Å²) >= 11 is 11.9. The maximum atomic E-state index is 12.5. The van der Waals surface area contributed by atoms with E-state index in [1.807, 2.05) is 6.07 Å². The Morgan fingerprint density at radius 1 is 1.29 bits per heavy atom. The summed E-state index contributed by atoms with van der Waals surface area (Å²) in [4.78, 5) is 11.4. The monoisotopic (exact) mass is 385 g/mol. The van der Waals surface area contributed by atoms with Crippen LogP contribution in [-0.2, 0) is 21.3 Å². The smallest absolute Gasteiger partial charge is 0.224 e. The van der Waals surface area contributed by atoms with Crippen molar-refractivity contribution in [2.45, 2.75) is 23.6 Å². The van der Waals surface area contributed by atoms with Crippen LogP contribution in [0.25, 0.3) is 0 Å². The van der Waals surface area contributed by atoms with Gasteiger partial charge in [0, 0.05) is 22.5 Å². The minimum Gasteiger partial charge on any atom is -0.377 e. The van der Waals surface area contributed by atoms with Crippen molar-refractivity contribution in [2.75, 3.05) is 24.7 Å². The maximum Gasteiger partial charge on any atom is 0.224 e. The van der Waals surface area contributed by atoms with Gasteiger partial charge in [-0.2, -0.15) is 0 Å². The van der Waals surface area contributed by atoms with Crippen LogP contribution in [0.4, 0.5) is 5.82 Å². The van der Waals surface area contributed by atoms with Gasteiger partial charge in [0.25, 0.3) is 0 Å². The highest BCUT2D eigenvalue weighted by Gasteiger charge is 2.21. The molecule has 1 saturated heterocycles. The topological polar surface area (TPSA) is 55.3 Å². The molecule has 0 saturated carbocycles. The summed E-state index contributed by atoms with van der Waals surface area (Å²) in [6.45, 7) is 4.11. The molecule has 0 spiro atoms. The average Bonchev–Trinajstić information content (AvgIpc) is 2.55. The van der Waals surface area contributed by atoms with Gasteiger partial charge in [-0.15, -0.1) is 0 Å². The predicted molar refractivity (Wildman–Crippen MR) is 96.2 cm³/mol. The second-order valence-corrected chi connectivity index (χ2v) is 7.77. The number of ether oxygens (including phenoxy) is 1. The number of halogens is 2. The fraction of sp³-hybridized carbons (Fsp3) is 0.375. The summed E-state index contributed by atoms with van der Waals surface area (Å²) in [5.74, 6) is 1.02. The first-order chi connectivity index (χ1) is 11.5. The van der Waals surface area contributed by atoms with Gasteiger partial charge in [-0.3, -0.25) is 4.21 Å². The molecule has 128 valence electrons. The van der Waals surface area contributed by atoms with E-state index in [2.05, 4.69) is 21.8 Å². The van der Waals surface area contributed by atoms with Crippen LogP contribution in [0.2, 0.25) is 10.3 Å². The second kappa shape index (κ2) is 7.78. The maximum absolute atomic E-state index is 12.5. The molecule has 2 atom stereocenters. The minimum atomic E-state index is -1.22. The first-order valence-electron chi connectivity index (χ1n) is 7.55. The first-order valence-corrected chi connectivity index (χ1v) is 9.62. The van der Waals surface area contributed by atoms with Crippen LogP contribution >= 0.6 is 23.2 Å². The van der Waals surface area contributed by atoms with E-state index >= 15 is 0 Å². The van der Waals surface area contributed by atoms with Gasteiger partial charge < -0.3 is 9.64 Å². The van der Waals surface area contributed by atoms with Crippen molar-refractivity contribution in [3.63, 3.8) is 0 Å². The van der Waals surface area contributed by atoms with Gasteiger partial charge in [-0.05, 0) is 42.8 Å². The molecular formula is C16H17Cl2N3O2S. The van der Waals surface area contributed by atoms with E-state index in [1.165, 1.54) is 0 Å². The Morgan fingerprint density at radius 3 is 2.75 bits per heavy atom. The molecular weight excluding hydrogens is 369 g/mol. The lowest BCUT2D eigenvalue weighted by Crippen LogP contribution is -2.44. The lowest BCUT2D eigenvalue weighted by atomic mass is 10.2. The molecule has 1 aromatic heterocycles. The summed E-state index contributed by atoms with van der Waals surface area (Å²) in [6.07, 6.45) is 0. The SMILES string of the molecule is C[C@H]1COCCN1c1cc(CS(=O)c2ccc(Cl)cc2)nc(Cl)n1. The fourth-order valence-electron chi connectivity index (χ4n) is 2.54. The molecule has 3 rings (SSSR count).